The molecule has 1 fully saturated rings. The van der Waals surface area contributed by atoms with E-state index in [-0.39, 0.29) is 18.1 Å². The van der Waals surface area contributed by atoms with E-state index in [9.17, 15) is 5.26 Å². The van der Waals surface area contributed by atoms with E-state index < -0.39 is 0 Å². The topological polar surface area (TPSA) is 124 Å². The summed E-state index contributed by atoms with van der Waals surface area (Å²) in [5.74, 6) is 1.40. The van der Waals surface area contributed by atoms with Gasteiger partial charge in [0, 0.05) is 42.8 Å². The first-order valence-electron chi connectivity index (χ1n) is 9.72. The van der Waals surface area contributed by atoms with E-state index >= 15 is 0 Å². The molecule has 10 nitrogen and oxygen atoms in total. The SMILES string of the molecule is CC1CN(c2ccnc(-c3cnc4cnc(C#N)cn34)n2)C(C)C(c2cn[nH]c2)N1. The maximum absolute atomic E-state index is 9.17. The van der Waals surface area contributed by atoms with Crippen LogP contribution in [0.5, 0.6) is 0 Å². The van der Waals surface area contributed by atoms with E-state index in [0.717, 1.165) is 17.9 Å². The number of H-pyrrole nitrogens is 1. The summed E-state index contributed by atoms with van der Waals surface area (Å²) in [6, 6.07) is 4.56. The highest BCUT2D eigenvalue weighted by Gasteiger charge is 2.33. The Morgan fingerprint density at radius 1 is 1.17 bits per heavy atom. The van der Waals surface area contributed by atoms with Crippen molar-refractivity contribution in [2.24, 2.45) is 0 Å². The van der Waals surface area contributed by atoms with Crippen molar-refractivity contribution in [3.05, 3.63) is 54.5 Å². The molecular weight excluding hydrogens is 380 g/mol. The number of aromatic amines is 1. The molecule has 1 saturated heterocycles. The summed E-state index contributed by atoms with van der Waals surface area (Å²) in [5.41, 5.74) is 2.78. The molecule has 4 aromatic heterocycles. The van der Waals surface area contributed by atoms with Crippen molar-refractivity contribution < 1.29 is 0 Å². The highest BCUT2D eigenvalue weighted by Crippen LogP contribution is 2.29. The van der Waals surface area contributed by atoms with Crippen molar-refractivity contribution in [2.45, 2.75) is 32.0 Å². The van der Waals surface area contributed by atoms with Gasteiger partial charge < -0.3 is 10.2 Å². The highest BCUT2D eigenvalue weighted by molar-refractivity contribution is 5.59. The Morgan fingerprint density at radius 3 is 2.87 bits per heavy atom. The molecule has 0 saturated carbocycles. The molecule has 10 heteroatoms. The molecule has 0 aliphatic carbocycles. The zero-order valence-electron chi connectivity index (χ0n) is 16.6. The Bertz CT molecular complexity index is 1220. The standard InChI is InChI=1S/C20H20N10/c1-12-10-29(13(2)19(27-12)14-6-25-26-7-14)17-3-4-22-20(28-17)16-8-24-18-9-23-15(5-21)11-30(16)18/h3-4,6-9,11-13,19,27H,10H2,1-2H3,(H,25,26). The Hall–Kier alpha value is -3.84. The van der Waals surface area contributed by atoms with Gasteiger partial charge in [0.25, 0.3) is 0 Å². The first kappa shape index (κ1) is 18.2. The monoisotopic (exact) mass is 400 g/mol. The summed E-state index contributed by atoms with van der Waals surface area (Å²) >= 11 is 0. The number of aromatic nitrogens is 7. The minimum absolute atomic E-state index is 0.131. The van der Waals surface area contributed by atoms with Crippen LogP contribution in [0.25, 0.3) is 17.2 Å². The molecule has 150 valence electrons. The van der Waals surface area contributed by atoms with Crippen LogP contribution < -0.4 is 10.2 Å². The number of hydrogen-bond donors (Lipinski definition) is 2. The summed E-state index contributed by atoms with van der Waals surface area (Å²) in [6.07, 6.45) is 10.5. The molecule has 30 heavy (non-hydrogen) atoms. The Morgan fingerprint density at radius 2 is 2.07 bits per heavy atom. The molecule has 2 N–H and O–H groups in total. The number of nitriles is 1. The predicted octanol–water partition coefficient (Wildman–Crippen LogP) is 1.71. The molecule has 0 bridgehead atoms. The zero-order valence-corrected chi connectivity index (χ0v) is 16.6. The van der Waals surface area contributed by atoms with Crippen molar-refractivity contribution in [3.8, 4) is 17.6 Å². The van der Waals surface area contributed by atoms with Crippen molar-refractivity contribution in [1.29, 1.82) is 5.26 Å². The second-order valence-electron chi connectivity index (χ2n) is 7.46. The maximum Gasteiger partial charge on any atom is 0.180 e. The molecule has 0 aromatic carbocycles. The van der Waals surface area contributed by atoms with Crippen molar-refractivity contribution in [3.63, 3.8) is 0 Å². The summed E-state index contributed by atoms with van der Waals surface area (Å²) in [5, 5.41) is 19.8. The number of rotatable bonds is 3. The van der Waals surface area contributed by atoms with Crippen molar-refractivity contribution in [2.75, 3.05) is 11.4 Å². The number of nitrogens with one attached hydrogen (secondary N) is 2. The first-order valence-corrected chi connectivity index (χ1v) is 9.72. The largest absolute Gasteiger partial charge is 0.350 e. The van der Waals surface area contributed by atoms with Crippen LogP contribution in [0.4, 0.5) is 5.82 Å². The average molecular weight is 400 g/mol. The Balaban J connectivity index is 1.53. The molecule has 3 unspecified atom stereocenters. The molecule has 4 aromatic rings. The highest BCUT2D eigenvalue weighted by atomic mass is 15.3. The summed E-state index contributed by atoms with van der Waals surface area (Å²) < 4.78 is 1.79. The molecular formula is C20H20N10. The van der Waals surface area contributed by atoms with Gasteiger partial charge in [-0.2, -0.15) is 10.4 Å². The fraction of sp³-hybridized carbons (Fsp3) is 0.300. The fourth-order valence-electron chi connectivity index (χ4n) is 3.99. The van der Waals surface area contributed by atoms with E-state index in [2.05, 4.69) is 55.3 Å². The summed E-state index contributed by atoms with van der Waals surface area (Å²) in [7, 11) is 0. The van der Waals surface area contributed by atoms with Crippen LogP contribution in [0.15, 0.2) is 43.2 Å². The Kier molecular flexibility index (Phi) is 4.37. The number of piperazine rings is 1. The maximum atomic E-state index is 9.17. The van der Waals surface area contributed by atoms with Gasteiger partial charge in [-0.3, -0.25) is 9.50 Å². The quantitative estimate of drug-likeness (QED) is 0.533. The van der Waals surface area contributed by atoms with Gasteiger partial charge in [0.1, 0.15) is 17.6 Å². The van der Waals surface area contributed by atoms with Gasteiger partial charge in [0.15, 0.2) is 17.2 Å². The van der Waals surface area contributed by atoms with Gasteiger partial charge >= 0.3 is 0 Å². The minimum Gasteiger partial charge on any atom is -0.350 e. The third kappa shape index (κ3) is 3.05. The molecule has 0 radical (unpaired) electrons. The van der Waals surface area contributed by atoms with E-state index in [4.69, 9.17) is 4.98 Å². The zero-order chi connectivity index (χ0) is 20.7. The average Bonchev–Trinajstić information content (AvgIpc) is 3.44. The van der Waals surface area contributed by atoms with Crippen LogP contribution in [-0.4, -0.2) is 53.2 Å². The lowest BCUT2D eigenvalue weighted by atomic mass is 9.97. The molecule has 3 atom stereocenters. The minimum atomic E-state index is 0.131. The number of hydrogen-bond acceptors (Lipinski definition) is 8. The van der Waals surface area contributed by atoms with Gasteiger partial charge in [-0.05, 0) is 19.9 Å². The normalized spacial score (nSPS) is 21.6. The van der Waals surface area contributed by atoms with Crippen LogP contribution in [0.3, 0.4) is 0 Å². The van der Waals surface area contributed by atoms with Crippen LogP contribution in [0.1, 0.15) is 31.1 Å². The third-order valence-corrected chi connectivity index (χ3v) is 5.46. The molecule has 0 amide bonds. The molecule has 1 aliphatic heterocycles. The van der Waals surface area contributed by atoms with Crippen LogP contribution in [0, 0.1) is 11.3 Å². The van der Waals surface area contributed by atoms with Crippen molar-refractivity contribution >= 4 is 11.5 Å². The number of anilines is 1. The van der Waals surface area contributed by atoms with E-state index in [0.29, 0.717) is 22.9 Å². The van der Waals surface area contributed by atoms with Crippen LogP contribution in [0.2, 0.25) is 0 Å². The number of nitrogens with zero attached hydrogens (tertiary/aromatic N) is 8. The van der Waals surface area contributed by atoms with Gasteiger partial charge in [-0.25, -0.2) is 19.9 Å². The summed E-state index contributed by atoms with van der Waals surface area (Å²) in [4.78, 5) is 20.0. The molecule has 5 heterocycles. The van der Waals surface area contributed by atoms with Gasteiger partial charge in [0.05, 0.1) is 24.6 Å². The molecule has 0 spiro atoms. The number of imidazole rings is 1. The lowest BCUT2D eigenvalue weighted by molar-refractivity contribution is 0.333. The van der Waals surface area contributed by atoms with E-state index in [1.165, 1.54) is 0 Å². The number of fused-ring (bicyclic) bond motifs is 1. The van der Waals surface area contributed by atoms with E-state index in [1.54, 1.807) is 29.2 Å². The summed E-state index contributed by atoms with van der Waals surface area (Å²) in [6.45, 7) is 5.16. The first-order chi connectivity index (χ1) is 14.6. The van der Waals surface area contributed by atoms with Crippen molar-refractivity contribution in [1.82, 2.24) is 39.9 Å². The lowest BCUT2D eigenvalue weighted by Crippen LogP contribution is -2.56. The van der Waals surface area contributed by atoms with Gasteiger partial charge in [0.2, 0.25) is 0 Å². The Labute approximate surface area is 172 Å². The smallest absolute Gasteiger partial charge is 0.180 e. The predicted molar refractivity (Wildman–Crippen MR) is 109 cm³/mol. The van der Waals surface area contributed by atoms with Gasteiger partial charge in [-0.1, -0.05) is 0 Å². The second-order valence-corrected chi connectivity index (χ2v) is 7.46. The van der Waals surface area contributed by atoms with Gasteiger partial charge in [-0.15, -0.1) is 0 Å². The van der Waals surface area contributed by atoms with E-state index in [1.807, 2.05) is 18.5 Å². The second kappa shape index (κ2) is 7.20. The van der Waals surface area contributed by atoms with Crippen LogP contribution in [-0.2, 0) is 0 Å². The molecule has 1 aliphatic rings. The molecule has 5 rings (SSSR count). The third-order valence-electron chi connectivity index (χ3n) is 5.46. The fourth-order valence-corrected chi connectivity index (χ4v) is 3.99. The lowest BCUT2D eigenvalue weighted by Gasteiger charge is -2.43. The van der Waals surface area contributed by atoms with Crippen LogP contribution >= 0.6 is 0 Å².